The Morgan fingerprint density at radius 3 is 2.79 bits per heavy atom. The van der Waals surface area contributed by atoms with Gasteiger partial charge in [-0.15, -0.1) is 10.2 Å². The smallest absolute Gasteiger partial charge is 0.294 e. The molecule has 0 amide bonds. The van der Waals surface area contributed by atoms with E-state index in [-0.39, 0.29) is 0 Å². The normalized spacial score (nSPS) is 11.2. The van der Waals surface area contributed by atoms with Crippen molar-refractivity contribution in [1.82, 2.24) is 15.5 Å². The van der Waals surface area contributed by atoms with Crippen LogP contribution >= 0.6 is 11.3 Å². The van der Waals surface area contributed by atoms with Crippen molar-refractivity contribution in [1.29, 1.82) is 0 Å². The number of aromatic nitrogens is 2. The van der Waals surface area contributed by atoms with Crippen LogP contribution < -0.4 is 10.1 Å². The van der Waals surface area contributed by atoms with Crippen molar-refractivity contribution in [3.05, 3.63) is 5.01 Å². The van der Waals surface area contributed by atoms with Crippen LogP contribution in [0.1, 0.15) is 38.6 Å². The third-order valence-corrected chi connectivity index (χ3v) is 3.21. The maximum Gasteiger partial charge on any atom is 0.294 e. The second-order valence-corrected chi connectivity index (χ2v) is 5.83. The number of ether oxygens (including phenoxy) is 2. The van der Waals surface area contributed by atoms with Gasteiger partial charge in [-0.2, -0.15) is 0 Å². The van der Waals surface area contributed by atoms with Gasteiger partial charge < -0.3 is 14.8 Å². The maximum atomic E-state index is 5.49. The van der Waals surface area contributed by atoms with E-state index in [0.29, 0.717) is 24.3 Å². The molecule has 19 heavy (non-hydrogen) atoms. The first-order valence-corrected chi connectivity index (χ1v) is 7.77. The van der Waals surface area contributed by atoms with Crippen molar-refractivity contribution >= 4 is 11.3 Å². The summed E-state index contributed by atoms with van der Waals surface area (Å²) in [5.74, 6) is 0.643. The summed E-state index contributed by atoms with van der Waals surface area (Å²) in [4.78, 5) is 0. The van der Waals surface area contributed by atoms with Crippen molar-refractivity contribution in [2.45, 2.75) is 40.2 Å². The Kier molecular flexibility index (Phi) is 8.69. The summed E-state index contributed by atoms with van der Waals surface area (Å²) < 4.78 is 10.9. The van der Waals surface area contributed by atoms with Crippen LogP contribution in [0.25, 0.3) is 0 Å². The van der Waals surface area contributed by atoms with Crippen molar-refractivity contribution in [3.8, 4) is 5.19 Å². The molecule has 1 heterocycles. The van der Waals surface area contributed by atoms with E-state index in [1.165, 1.54) is 11.3 Å². The summed E-state index contributed by atoms with van der Waals surface area (Å²) in [6, 6.07) is 0. The van der Waals surface area contributed by atoms with Gasteiger partial charge in [0.1, 0.15) is 11.6 Å². The van der Waals surface area contributed by atoms with E-state index >= 15 is 0 Å². The lowest BCUT2D eigenvalue weighted by Gasteiger charge is -2.04. The second-order valence-electron chi connectivity index (χ2n) is 4.80. The Labute approximate surface area is 119 Å². The summed E-state index contributed by atoms with van der Waals surface area (Å²) in [5, 5.41) is 13.0. The Balaban J connectivity index is 2.09. The molecule has 0 aliphatic rings. The van der Waals surface area contributed by atoms with Crippen LogP contribution in [-0.4, -0.2) is 36.6 Å². The van der Waals surface area contributed by atoms with Gasteiger partial charge in [0.25, 0.3) is 5.19 Å². The van der Waals surface area contributed by atoms with Gasteiger partial charge in [0.2, 0.25) is 0 Å². The molecule has 1 aromatic heterocycles. The predicted molar refractivity (Wildman–Crippen MR) is 77.7 cm³/mol. The van der Waals surface area contributed by atoms with E-state index < -0.39 is 0 Å². The molecule has 0 radical (unpaired) electrons. The molecule has 1 aromatic rings. The second kappa shape index (κ2) is 10.1. The Hall–Kier alpha value is -0.720. The van der Waals surface area contributed by atoms with Gasteiger partial charge in [-0.3, -0.25) is 0 Å². The first-order chi connectivity index (χ1) is 9.22. The monoisotopic (exact) mass is 287 g/mol. The average Bonchev–Trinajstić information content (AvgIpc) is 2.81. The van der Waals surface area contributed by atoms with Crippen LogP contribution in [0.2, 0.25) is 0 Å². The first-order valence-electron chi connectivity index (χ1n) is 6.96. The van der Waals surface area contributed by atoms with Crippen molar-refractivity contribution in [3.63, 3.8) is 0 Å². The topological polar surface area (TPSA) is 56.3 Å². The molecule has 0 fully saturated rings. The van der Waals surface area contributed by atoms with Gasteiger partial charge in [0, 0.05) is 13.2 Å². The molecule has 1 rings (SSSR count). The lowest BCUT2D eigenvalue weighted by atomic mass is 10.2. The Morgan fingerprint density at radius 1 is 1.21 bits per heavy atom. The fourth-order valence-corrected chi connectivity index (χ4v) is 2.05. The van der Waals surface area contributed by atoms with Gasteiger partial charge in [-0.1, -0.05) is 38.5 Å². The van der Waals surface area contributed by atoms with Crippen LogP contribution in [0.5, 0.6) is 5.19 Å². The molecule has 0 saturated carbocycles. The van der Waals surface area contributed by atoms with Gasteiger partial charge in [-0.25, -0.2) is 0 Å². The molecule has 0 aliphatic carbocycles. The Bertz CT molecular complexity index is 331. The van der Waals surface area contributed by atoms with Crippen LogP contribution in [0.4, 0.5) is 0 Å². The van der Waals surface area contributed by atoms with Crippen molar-refractivity contribution in [2.75, 3.05) is 26.4 Å². The highest BCUT2D eigenvalue weighted by Gasteiger charge is 2.05. The zero-order valence-corrected chi connectivity index (χ0v) is 13.0. The standard InChI is InChI=1S/C13H25N3O2S/c1-4-5-6-17-7-8-18-13-16-15-12(19-13)10-14-9-11(2)3/h11,14H,4-10H2,1-3H3. The number of hydrogen-bond acceptors (Lipinski definition) is 6. The van der Waals surface area contributed by atoms with Crippen molar-refractivity contribution in [2.24, 2.45) is 5.92 Å². The van der Waals surface area contributed by atoms with Crippen LogP contribution in [0, 0.1) is 5.92 Å². The largest absolute Gasteiger partial charge is 0.466 e. The number of unbranched alkanes of at least 4 members (excludes halogenated alkanes) is 1. The SMILES string of the molecule is CCCCOCCOc1nnc(CNCC(C)C)s1. The molecule has 0 aromatic carbocycles. The van der Waals surface area contributed by atoms with Gasteiger partial charge in [0.15, 0.2) is 0 Å². The van der Waals surface area contributed by atoms with Crippen molar-refractivity contribution < 1.29 is 9.47 Å². The summed E-state index contributed by atoms with van der Waals surface area (Å²) in [7, 11) is 0. The first kappa shape index (κ1) is 16.3. The molecule has 5 nitrogen and oxygen atoms in total. The van der Waals surface area contributed by atoms with E-state index in [0.717, 1.165) is 37.5 Å². The van der Waals surface area contributed by atoms with Gasteiger partial charge >= 0.3 is 0 Å². The third-order valence-electron chi connectivity index (χ3n) is 2.37. The van der Waals surface area contributed by atoms with E-state index in [2.05, 4.69) is 36.3 Å². The highest BCUT2D eigenvalue weighted by Crippen LogP contribution is 2.17. The van der Waals surface area contributed by atoms with Gasteiger partial charge in [0.05, 0.1) is 6.61 Å². The fourth-order valence-electron chi connectivity index (χ4n) is 1.37. The molecule has 0 saturated heterocycles. The lowest BCUT2D eigenvalue weighted by molar-refractivity contribution is 0.0977. The summed E-state index contributed by atoms with van der Waals surface area (Å²) in [5.41, 5.74) is 0. The average molecular weight is 287 g/mol. The van der Waals surface area contributed by atoms with Crippen LogP contribution in [0.3, 0.4) is 0 Å². The molecule has 0 atom stereocenters. The lowest BCUT2D eigenvalue weighted by Crippen LogP contribution is -2.18. The fraction of sp³-hybridized carbons (Fsp3) is 0.846. The molecule has 0 unspecified atom stereocenters. The molecule has 0 bridgehead atoms. The third kappa shape index (κ3) is 8.13. The number of nitrogens with one attached hydrogen (secondary N) is 1. The highest BCUT2D eigenvalue weighted by molar-refractivity contribution is 7.13. The number of hydrogen-bond donors (Lipinski definition) is 1. The minimum atomic E-state index is 0.539. The zero-order valence-electron chi connectivity index (χ0n) is 12.1. The Morgan fingerprint density at radius 2 is 2.05 bits per heavy atom. The van der Waals surface area contributed by atoms with E-state index in [4.69, 9.17) is 9.47 Å². The molecule has 110 valence electrons. The minimum Gasteiger partial charge on any atom is -0.466 e. The number of rotatable bonds is 11. The summed E-state index contributed by atoms with van der Waals surface area (Å²) in [6.07, 6.45) is 2.26. The molecule has 0 aliphatic heterocycles. The molecule has 6 heteroatoms. The van der Waals surface area contributed by atoms with E-state index in [1.54, 1.807) is 0 Å². The predicted octanol–water partition coefficient (Wildman–Crippen LogP) is 2.48. The van der Waals surface area contributed by atoms with Crippen LogP contribution in [-0.2, 0) is 11.3 Å². The maximum absolute atomic E-state index is 5.49. The zero-order chi connectivity index (χ0) is 13.9. The molecule has 1 N–H and O–H groups in total. The van der Waals surface area contributed by atoms with E-state index in [1.807, 2.05) is 0 Å². The number of nitrogens with zero attached hydrogens (tertiary/aromatic N) is 2. The molecule has 0 spiro atoms. The van der Waals surface area contributed by atoms with Crippen LogP contribution in [0.15, 0.2) is 0 Å². The highest BCUT2D eigenvalue weighted by atomic mass is 32.1. The quantitative estimate of drug-likeness (QED) is 0.634. The molecular formula is C13H25N3O2S. The van der Waals surface area contributed by atoms with Gasteiger partial charge in [-0.05, 0) is 18.9 Å². The molecular weight excluding hydrogens is 262 g/mol. The summed E-state index contributed by atoms with van der Waals surface area (Å²) >= 11 is 1.49. The minimum absolute atomic E-state index is 0.539. The van der Waals surface area contributed by atoms with E-state index in [9.17, 15) is 0 Å². The summed E-state index contributed by atoms with van der Waals surface area (Å²) in [6.45, 7) is 10.2.